The number of aromatic nitrogens is 2. The molecule has 2 aromatic heterocycles. The van der Waals surface area contributed by atoms with E-state index >= 15 is 0 Å². The van der Waals surface area contributed by atoms with Crippen LogP contribution in [0.15, 0.2) is 55.1 Å². The van der Waals surface area contributed by atoms with Crippen molar-refractivity contribution in [2.24, 2.45) is 0 Å². The zero-order valence-electron chi connectivity index (χ0n) is 16.6. The first-order valence-electron chi connectivity index (χ1n) is 9.67. The van der Waals surface area contributed by atoms with E-state index in [4.69, 9.17) is 0 Å². The largest absolute Gasteiger partial charge is 0.374 e. The summed E-state index contributed by atoms with van der Waals surface area (Å²) in [6, 6.07) is 8.86. The second-order valence-corrected chi connectivity index (χ2v) is 6.47. The van der Waals surface area contributed by atoms with Gasteiger partial charge in [-0.15, -0.1) is 0 Å². The van der Waals surface area contributed by atoms with E-state index in [1.807, 2.05) is 44.6 Å². The van der Waals surface area contributed by atoms with Gasteiger partial charge in [-0.2, -0.15) is 0 Å². The van der Waals surface area contributed by atoms with Crippen LogP contribution in [0.5, 0.6) is 0 Å². The molecule has 4 nitrogen and oxygen atoms in total. The smallest absolute Gasteiger partial charge is 0.0413 e. The number of hydrogen-bond donors (Lipinski definition) is 0. The van der Waals surface area contributed by atoms with Gasteiger partial charge in [-0.1, -0.05) is 26.0 Å². The maximum atomic E-state index is 4.14. The maximum absolute atomic E-state index is 4.14. The zero-order valence-corrected chi connectivity index (χ0v) is 16.6. The SMILES string of the molecule is CC.CN1CCC=C1c1cccnc1.CN1CCCC1c1cccnc1. The molecule has 0 aliphatic carbocycles. The Bertz CT molecular complexity index is 654. The highest BCUT2D eigenvalue weighted by Crippen LogP contribution is 2.29. The molecule has 0 saturated carbocycles. The maximum Gasteiger partial charge on any atom is 0.0413 e. The molecule has 2 aliphatic heterocycles. The summed E-state index contributed by atoms with van der Waals surface area (Å²) in [5.41, 5.74) is 3.89. The lowest BCUT2D eigenvalue weighted by Crippen LogP contribution is -2.17. The Morgan fingerprint density at radius 2 is 1.69 bits per heavy atom. The van der Waals surface area contributed by atoms with Crippen molar-refractivity contribution >= 4 is 5.70 Å². The summed E-state index contributed by atoms with van der Waals surface area (Å²) < 4.78 is 0. The van der Waals surface area contributed by atoms with Gasteiger partial charge in [0.05, 0.1) is 0 Å². The van der Waals surface area contributed by atoms with Gasteiger partial charge in [0.1, 0.15) is 0 Å². The average Bonchev–Trinajstić information content (AvgIpc) is 3.33. The lowest BCUT2D eigenvalue weighted by atomic mass is 10.1. The zero-order chi connectivity index (χ0) is 18.8. The molecule has 2 aromatic rings. The van der Waals surface area contributed by atoms with E-state index in [1.54, 1.807) is 6.20 Å². The number of pyridine rings is 2. The fourth-order valence-corrected chi connectivity index (χ4v) is 3.43. The van der Waals surface area contributed by atoms with E-state index in [9.17, 15) is 0 Å². The summed E-state index contributed by atoms with van der Waals surface area (Å²) in [5, 5.41) is 0. The number of rotatable bonds is 2. The van der Waals surface area contributed by atoms with E-state index < -0.39 is 0 Å². The van der Waals surface area contributed by atoms with Crippen LogP contribution in [0.25, 0.3) is 5.70 Å². The van der Waals surface area contributed by atoms with Crippen molar-refractivity contribution in [2.45, 2.75) is 39.2 Å². The van der Waals surface area contributed by atoms with Crippen LogP contribution in [0.2, 0.25) is 0 Å². The Labute approximate surface area is 158 Å². The fraction of sp³-hybridized carbons (Fsp3) is 0.455. The molecule has 1 saturated heterocycles. The van der Waals surface area contributed by atoms with Crippen LogP contribution in [0.4, 0.5) is 0 Å². The number of nitrogens with zero attached hydrogens (tertiary/aromatic N) is 4. The van der Waals surface area contributed by atoms with Crippen molar-refractivity contribution in [1.82, 2.24) is 19.8 Å². The Morgan fingerprint density at radius 3 is 2.19 bits per heavy atom. The van der Waals surface area contributed by atoms with Crippen LogP contribution in [0.3, 0.4) is 0 Å². The van der Waals surface area contributed by atoms with Gasteiger partial charge in [-0.05, 0) is 56.6 Å². The molecule has 0 aromatic carbocycles. The first kappa shape index (κ1) is 20.1. The first-order chi connectivity index (χ1) is 12.8. The molecule has 2 aliphatic rings. The summed E-state index contributed by atoms with van der Waals surface area (Å²) in [4.78, 5) is 12.9. The third-order valence-electron chi connectivity index (χ3n) is 4.76. The van der Waals surface area contributed by atoms with Crippen LogP contribution in [0, 0.1) is 0 Å². The van der Waals surface area contributed by atoms with E-state index in [2.05, 4.69) is 52.1 Å². The van der Waals surface area contributed by atoms with Gasteiger partial charge in [0, 0.05) is 55.7 Å². The van der Waals surface area contributed by atoms with Gasteiger partial charge in [0.2, 0.25) is 0 Å². The van der Waals surface area contributed by atoms with Crippen molar-refractivity contribution < 1.29 is 0 Å². The molecule has 4 heteroatoms. The molecule has 0 spiro atoms. The summed E-state index contributed by atoms with van der Waals surface area (Å²) in [7, 11) is 4.30. The molecule has 140 valence electrons. The van der Waals surface area contributed by atoms with E-state index in [1.165, 1.54) is 36.2 Å². The molecule has 1 unspecified atom stereocenters. The van der Waals surface area contributed by atoms with Crippen molar-refractivity contribution in [2.75, 3.05) is 27.2 Å². The molecule has 4 rings (SSSR count). The van der Waals surface area contributed by atoms with E-state index in [-0.39, 0.29) is 0 Å². The van der Waals surface area contributed by atoms with Crippen LogP contribution in [0.1, 0.15) is 50.3 Å². The quantitative estimate of drug-likeness (QED) is 0.788. The van der Waals surface area contributed by atoms with Crippen molar-refractivity contribution in [1.29, 1.82) is 0 Å². The van der Waals surface area contributed by atoms with Crippen molar-refractivity contribution in [3.05, 3.63) is 66.3 Å². The van der Waals surface area contributed by atoms with Crippen molar-refractivity contribution in [3.8, 4) is 0 Å². The average molecular weight is 353 g/mol. The van der Waals surface area contributed by atoms with Gasteiger partial charge < -0.3 is 4.90 Å². The highest BCUT2D eigenvalue weighted by Gasteiger charge is 2.21. The van der Waals surface area contributed by atoms with E-state index in [0.717, 1.165) is 13.0 Å². The Kier molecular flexibility index (Phi) is 8.29. The van der Waals surface area contributed by atoms with Gasteiger partial charge in [0.25, 0.3) is 0 Å². The lowest BCUT2D eigenvalue weighted by molar-refractivity contribution is 0.317. The molecule has 0 bridgehead atoms. The Hall–Kier alpha value is -2.20. The third-order valence-corrected chi connectivity index (χ3v) is 4.76. The molecule has 4 heterocycles. The van der Waals surface area contributed by atoms with Crippen LogP contribution < -0.4 is 0 Å². The van der Waals surface area contributed by atoms with Gasteiger partial charge in [-0.3, -0.25) is 14.9 Å². The first-order valence-corrected chi connectivity index (χ1v) is 9.67. The Morgan fingerprint density at radius 1 is 0.962 bits per heavy atom. The summed E-state index contributed by atoms with van der Waals surface area (Å²) >= 11 is 0. The number of likely N-dealkylation sites (tertiary alicyclic amines) is 1. The second-order valence-electron chi connectivity index (χ2n) is 6.47. The minimum absolute atomic E-state index is 0.610. The lowest BCUT2D eigenvalue weighted by Gasteiger charge is -2.18. The molecular formula is C22H32N4. The predicted molar refractivity (Wildman–Crippen MR) is 110 cm³/mol. The molecule has 26 heavy (non-hydrogen) atoms. The second kappa shape index (κ2) is 10.7. The minimum Gasteiger partial charge on any atom is -0.374 e. The fourth-order valence-electron chi connectivity index (χ4n) is 3.43. The van der Waals surface area contributed by atoms with Crippen LogP contribution >= 0.6 is 0 Å². The monoisotopic (exact) mass is 352 g/mol. The molecule has 0 amide bonds. The summed E-state index contributed by atoms with van der Waals surface area (Å²) in [5.74, 6) is 0. The van der Waals surface area contributed by atoms with Gasteiger partial charge in [0.15, 0.2) is 0 Å². The minimum atomic E-state index is 0.610. The third kappa shape index (κ3) is 5.40. The molecule has 1 fully saturated rings. The summed E-state index contributed by atoms with van der Waals surface area (Å²) in [6.45, 7) is 6.35. The molecule has 0 N–H and O–H groups in total. The highest BCUT2D eigenvalue weighted by atomic mass is 15.1. The Balaban J connectivity index is 0.000000171. The van der Waals surface area contributed by atoms with Crippen molar-refractivity contribution in [3.63, 3.8) is 0 Å². The highest BCUT2D eigenvalue weighted by molar-refractivity contribution is 5.64. The standard InChI is InChI=1S/C10H14N2.C10H12N2.C2H6/c2*1-12-7-3-5-10(12)9-4-2-6-11-8-9;1-2/h2,4,6,8,10H,3,5,7H2,1H3;2,4-6,8H,3,7H2,1H3;1-2H3. The van der Waals surface area contributed by atoms with E-state index in [0.29, 0.717) is 6.04 Å². The predicted octanol–water partition coefficient (Wildman–Crippen LogP) is 4.63. The van der Waals surface area contributed by atoms with Crippen LogP contribution in [-0.4, -0.2) is 47.0 Å². The molecule has 1 atom stereocenters. The summed E-state index contributed by atoms with van der Waals surface area (Å²) in [6.07, 6.45) is 13.5. The topological polar surface area (TPSA) is 32.3 Å². The number of hydrogen-bond acceptors (Lipinski definition) is 4. The van der Waals surface area contributed by atoms with Gasteiger partial charge >= 0.3 is 0 Å². The normalized spacial score (nSPS) is 19.2. The molecular weight excluding hydrogens is 320 g/mol. The van der Waals surface area contributed by atoms with Gasteiger partial charge in [-0.25, -0.2) is 0 Å². The molecule has 0 radical (unpaired) electrons. The van der Waals surface area contributed by atoms with Crippen LogP contribution in [-0.2, 0) is 0 Å².